The van der Waals surface area contributed by atoms with Crippen LogP contribution in [0.4, 0.5) is 4.39 Å². The van der Waals surface area contributed by atoms with Crippen molar-refractivity contribution in [2.45, 2.75) is 25.8 Å². The van der Waals surface area contributed by atoms with Gasteiger partial charge in [0.05, 0.1) is 6.04 Å². The van der Waals surface area contributed by atoms with E-state index in [9.17, 15) is 9.18 Å². The molecular formula is C9H17FN2O. The first-order valence-electron chi connectivity index (χ1n) is 4.45. The van der Waals surface area contributed by atoms with Crippen LogP contribution in [0.5, 0.6) is 0 Å². The van der Waals surface area contributed by atoms with Crippen molar-refractivity contribution in [3.8, 4) is 0 Å². The number of amides is 1. The van der Waals surface area contributed by atoms with Crippen LogP contribution in [0, 0.1) is 0 Å². The Kier molecular flexibility index (Phi) is 7.20. The van der Waals surface area contributed by atoms with E-state index in [0.717, 1.165) is 6.42 Å². The molecule has 0 aromatic heterocycles. The lowest BCUT2D eigenvalue weighted by Gasteiger charge is -2.00. The summed E-state index contributed by atoms with van der Waals surface area (Å²) in [4.78, 5) is 10.9. The maximum atomic E-state index is 11.8. The van der Waals surface area contributed by atoms with Crippen LogP contribution in [0.2, 0.25) is 0 Å². The number of nitrogens with two attached hydrogens (primary N) is 1. The second-order valence-corrected chi connectivity index (χ2v) is 2.80. The van der Waals surface area contributed by atoms with Gasteiger partial charge in [0, 0.05) is 13.0 Å². The van der Waals surface area contributed by atoms with Gasteiger partial charge in [0.15, 0.2) is 0 Å². The number of carbonyl (C=O) groups excluding carboxylic acids is 1. The van der Waals surface area contributed by atoms with Gasteiger partial charge in [0.25, 0.3) is 0 Å². The lowest BCUT2D eigenvalue weighted by molar-refractivity contribution is -0.120. The zero-order valence-electron chi connectivity index (χ0n) is 7.92. The Morgan fingerprint density at radius 2 is 2.38 bits per heavy atom. The van der Waals surface area contributed by atoms with Crippen LogP contribution in [0.25, 0.3) is 0 Å². The molecule has 0 heterocycles. The zero-order chi connectivity index (χ0) is 10.1. The average Bonchev–Trinajstić information content (AvgIpc) is 2.12. The number of hydrogen-bond acceptors (Lipinski definition) is 2. The van der Waals surface area contributed by atoms with Gasteiger partial charge in [0.2, 0.25) is 5.91 Å². The zero-order valence-corrected chi connectivity index (χ0v) is 7.92. The molecule has 0 spiro atoms. The number of halogens is 1. The lowest BCUT2D eigenvalue weighted by atomic mass is 10.3. The van der Waals surface area contributed by atoms with Crippen molar-refractivity contribution in [2.75, 3.05) is 13.2 Å². The minimum Gasteiger partial charge on any atom is -0.353 e. The molecule has 0 aromatic rings. The van der Waals surface area contributed by atoms with E-state index < -0.39 is 12.7 Å². The molecule has 0 saturated carbocycles. The maximum absolute atomic E-state index is 11.8. The van der Waals surface area contributed by atoms with Gasteiger partial charge in [-0.15, -0.1) is 0 Å². The Bertz CT molecular complexity index is 171. The fraction of sp³-hybridized carbons (Fsp3) is 0.667. The standard InChI is InChI=1S/C9H17FN2O/c1-2-4-9(13)12-6-3-5-8(11)7-10/h3,5,8H,2,4,6-7,11H2,1H3,(H,12,13)/b5-3+. The smallest absolute Gasteiger partial charge is 0.220 e. The van der Waals surface area contributed by atoms with Crippen LogP contribution in [0.15, 0.2) is 12.2 Å². The summed E-state index contributed by atoms with van der Waals surface area (Å²) in [5.74, 6) is 0.0148. The molecule has 4 heteroatoms. The molecule has 1 amide bonds. The number of rotatable bonds is 6. The molecule has 0 bridgehead atoms. The largest absolute Gasteiger partial charge is 0.353 e. The normalized spacial score (nSPS) is 13.2. The van der Waals surface area contributed by atoms with Crippen LogP contribution in [-0.4, -0.2) is 25.2 Å². The highest BCUT2D eigenvalue weighted by atomic mass is 19.1. The Labute approximate surface area is 78.2 Å². The van der Waals surface area contributed by atoms with E-state index in [1.165, 1.54) is 0 Å². The summed E-state index contributed by atoms with van der Waals surface area (Å²) in [6.07, 6.45) is 4.58. The quantitative estimate of drug-likeness (QED) is 0.604. The first-order valence-corrected chi connectivity index (χ1v) is 4.45. The summed E-state index contributed by atoms with van der Waals surface area (Å²) in [5.41, 5.74) is 5.27. The molecule has 3 nitrogen and oxygen atoms in total. The summed E-state index contributed by atoms with van der Waals surface area (Å²) in [7, 11) is 0. The van der Waals surface area contributed by atoms with Crippen LogP contribution >= 0.6 is 0 Å². The summed E-state index contributed by atoms with van der Waals surface area (Å²) in [6, 6.07) is -0.553. The van der Waals surface area contributed by atoms with Gasteiger partial charge in [-0.3, -0.25) is 4.79 Å². The molecule has 0 aliphatic rings. The first-order chi connectivity index (χ1) is 6.20. The van der Waals surface area contributed by atoms with Crippen LogP contribution in [0.1, 0.15) is 19.8 Å². The minimum atomic E-state index is -0.570. The molecule has 0 aromatic carbocycles. The molecular weight excluding hydrogens is 171 g/mol. The predicted octanol–water partition coefficient (Wildman–Crippen LogP) is 0.756. The van der Waals surface area contributed by atoms with E-state index in [1.807, 2.05) is 6.92 Å². The third kappa shape index (κ3) is 7.46. The van der Waals surface area contributed by atoms with Crippen LogP contribution in [0.3, 0.4) is 0 Å². The van der Waals surface area contributed by atoms with Gasteiger partial charge in [-0.25, -0.2) is 4.39 Å². The molecule has 1 unspecified atom stereocenters. The van der Waals surface area contributed by atoms with Gasteiger partial charge < -0.3 is 11.1 Å². The summed E-state index contributed by atoms with van der Waals surface area (Å²) < 4.78 is 11.8. The van der Waals surface area contributed by atoms with Crippen molar-refractivity contribution in [3.63, 3.8) is 0 Å². The van der Waals surface area contributed by atoms with Crippen LogP contribution < -0.4 is 11.1 Å². The topological polar surface area (TPSA) is 55.1 Å². The molecule has 0 saturated heterocycles. The van der Waals surface area contributed by atoms with Crippen molar-refractivity contribution in [2.24, 2.45) is 5.73 Å². The van der Waals surface area contributed by atoms with Gasteiger partial charge >= 0.3 is 0 Å². The van der Waals surface area contributed by atoms with Gasteiger partial charge in [-0.2, -0.15) is 0 Å². The van der Waals surface area contributed by atoms with Gasteiger partial charge in [0.1, 0.15) is 6.67 Å². The second kappa shape index (κ2) is 7.73. The Morgan fingerprint density at radius 3 is 2.92 bits per heavy atom. The number of hydrogen-bond donors (Lipinski definition) is 2. The fourth-order valence-corrected chi connectivity index (χ4v) is 0.782. The Morgan fingerprint density at radius 1 is 1.69 bits per heavy atom. The van der Waals surface area contributed by atoms with Crippen molar-refractivity contribution in [1.82, 2.24) is 5.32 Å². The van der Waals surface area contributed by atoms with Crippen molar-refractivity contribution >= 4 is 5.91 Å². The van der Waals surface area contributed by atoms with Gasteiger partial charge in [-0.05, 0) is 6.42 Å². The number of carbonyl (C=O) groups is 1. The summed E-state index contributed by atoms with van der Waals surface area (Å²) >= 11 is 0. The molecule has 0 aliphatic heterocycles. The number of nitrogens with one attached hydrogen (secondary N) is 1. The number of alkyl halides is 1. The molecule has 13 heavy (non-hydrogen) atoms. The molecule has 0 aliphatic carbocycles. The van der Waals surface area contributed by atoms with Crippen molar-refractivity contribution in [1.29, 1.82) is 0 Å². The highest BCUT2D eigenvalue weighted by Gasteiger charge is 1.96. The third-order valence-corrected chi connectivity index (χ3v) is 1.46. The SMILES string of the molecule is CCCC(=O)NC/C=C/C(N)CF. The summed E-state index contributed by atoms with van der Waals surface area (Å²) in [6.45, 7) is 1.79. The molecule has 1 atom stereocenters. The molecule has 76 valence electrons. The van der Waals surface area contributed by atoms with Crippen LogP contribution in [-0.2, 0) is 4.79 Å². The lowest BCUT2D eigenvalue weighted by Crippen LogP contribution is -2.24. The highest BCUT2D eigenvalue weighted by Crippen LogP contribution is 1.86. The predicted molar refractivity (Wildman–Crippen MR) is 51.0 cm³/mol. The molecule has 0 rings (SSSR count). The Balaban J connectivity index is 3.43. The minimum absolute atomic E-state index is 0.0148. The van der Waals surface area contributed by atoms with E-state index >= 15 is 0 Å². The van der Waals surface area contributed by atoms with Gasteiger partial charge in [-0.1, -0.05) is 19.1 Å². The molecule has 0 radical (unpaired) electrons. The first kappa shape index (κ1) is 12.1. The second-order valence-electron chi connectivity index (χ2n) is 2.80. The van der Waals surface area contributed by atoms with E-state index in [1.54, 1.807) is 12.2 Å². The van der Waals surface area contributed by atoms with E-state index in [-0.39, 0.29) is 5.91 Å². The monoisotopic (exact) mass is 188 g/mol. The molecule has 3 N–H and O–H groups in total. The Hall–Kier alpha value is -0.900. The van der Waals surface area contributed by atoms with Crippen molar-refractivity contribution in [3.05, 3.63) is 12.2 Å². The fourth-order valence-electron chi connectivity index (χ4n) is 0.782. The van der Waals surface area contributed by atoms with E-state index in [2.05, 4.69) is 5.32 Å². The highest BCUT2D eigenvalue weighted by molar-refractivity contribution is 5.75. The third-order valence-electron chi connectivity index (χ3n) is 1.46. The average molecular weight is 188 g/mol. The summed E-state index contributed by atoms with van der Waals surface area (Å²) in [5, 5.41) is 2.66. The van der Waals surface area contributed by atoms with E-state index in [0.29, 0.717) is 13.0 Å². The van der Waals surface area contributed by atoms with E-state index in [4.69, 9.17) is 5.73 Å². The van der Waals surface area contributed by atoms with Crippen molar-refractivity contribution < 1.29 is 9.18 Å². The maximum Gasteiger partial charge on any atom is 0.220 e. The molecule has 0 fully saturated rings.